The van der Waals surface area contributed by atoms with Gasteiger partial charge in [-0.25, -0.2) is 0 Å². The smallest absolute Gasteiger partial charge is 0.416 e. The van der Waals surface area contributed by atoms with Gasteiger partial charge in [-0.3, -0.25) is 4.79 Å². The fourth-order valence-electron chi connectivity index (χ4n) is 1.29. The summed E-state index contributed by atoms with van der Waals surface area (Å²) in [6.07, 6.45) is -7.45. The topological polar surface area (TPSA) is 58.6 Å². The van der Waals surface area contributed by atoms with Gasteiger partial charge in [-0.2, -0.15) is 13.2 Å². The highest BCUT2D eigenvalue weighted by molar-refractivity contribution is 6.37. The van der Waals surface area contributed by atoms with Crippen molar-refractivity contribution in [3.8, 4) is 5.75 Å². The highest BCUT2D eigenvalue weighted by atomic mass is 35.5. The average molecular weight is 332 g/mol. The second kappa shape index (κ2) is 6.51. The molecule has 112 valence electrons. The number of carbonyl (C=O) groups excluding carboxylic acids is 1. The van der Waals surface area contributed by atoms with Crippen LogP contribution in [0.1, 0.15) is 10.4 Å². The Labute approximate surface area is 122 Å². The van der Waals surface area contributed by atoms with Gasteiger partial charge in [-0.15, -0.1) is 0 Å². The van der Waals surface area contributed by atoms with Crippen molar-refractivity contribution >= 4 is 29.1 Å². The molecule has 20 heavy (non-hydrogen) atoms. The van der Waals surface area contributed by atoms with Gasteiger partial charge in [0.1, 0.15) is 0 Å². The van der Waals surface area contributed by atoms with Crippen LogP contribution in [0.4, 0.5) is 13.2 Å². The minimum Gasteiger partial charge on any atom is -0.494 e. The maximum absolute atomic E-state index is 12.1. The Morgan fingerprint density at radius 3 is 2.30 bits per heavy atom. The Morgan fingerprint density at radius 1 is 1.40 bits per heavy atom. The van der Waals surface area contributed by atoms with Crippen molar-refractivity contribution in [1.82, 2.24) is 5.32 Å². The van der Waals surface area contributed by atoms with E-state index in [0.29, 0.717) is 0 Å². The Kier molecular flexibility index (Phi) is 5.50. The molecule has 0 heterocycles. The van der Waals surface area contributed by atoms with Gasteiger partial charge in [0.2, 0.25) is 0 Å². The molecule has 0 spiro atoms. The Bertz CT molecular complexity index is 485. The number of rotatable bonds is 4. The molecule has 4 nitrogen and oxygen atoms in total. The van der Waals surface area contributed by atoms with E-state index in [2.05, 4.69) is 0 Å². The largest absolute Gasteiger partial charge is 0.494 e. The first-order valence-corrected chi connectivity index (χ1v) is 5.98. The minimum absolute atomic E-state index is 0.0431. The molecule has 0 aliphatic carbocycles. The first-order chi connectivity index (χ1) is 9.16. The summed E-state index contributed by atoms with van der Waals surface area (Å²) < 4.78 is 41.1. The van der Waals surface area contributed by atoms with Crippen LogP contribution in [0, 0.1) is 0 Å². The molecule has 0 aromatic heterocycles. The number of carbonyl (C=O) groups is 1. The lowest BCUT2D eigenvalue weighted by atomic mass is 10.2. The quantitative estimate of drug-likeness (QED) is 0.891. The predicted molar refractivity (Wildman–Crippen MR) is 67.4 cm³/mol. The van der Waals surface area contributed by atoms with Crippen LogP contribution in [-0.2, 0) is 0 Å². The van der Waals surface area contributed by atoms with E-state index in [1.807, 2.05) is 5.32 Å². The average Bonchev–Trinajstić information content (AvgIpc) is 2.33. The molecule has 0 saturated heterocycles. The molecular formula is C11H10Cl2F3NO3. The van der Waals surface area contributed by atoms with Gasteiger partial charge < -0.3 is 15.2 Å². The number of methoxy groups -OCH3 is 1. The molecule has 9 heteroatoms. The number of benzene rings is 1. The predicted octanol–water partition coefficient (Wildman–Crippen LogP) is 2.66. The summed E-state index contributed by atoms with van der Waals surface area (Å²) in [6.45, 7) is -0.969. The first kappa shape index (κ1) is 16.9. The minimum atomic E-state index is -4.80. The maximum atomic E-state index is 12.1. The number of nitrogens with one attached hydrogen (secondary N) is 1. The van der Waals surface area contributed by atoms with Crippen LogP contribution in [0.15, 0.2) is 12.1 Å². The third-order valence-corrected chi connectivity index (χ3v) is 2.86. The lowest BCUT2D eigenvalue weighted by molar-refractivity contribution is -0.201. The molecule has 0 fully saturated rings. The third kappa shape index (κ3) is 4.16. The molecule has 0 radical (unpaired) electrons. The van der Waals surface area contributed by atoms with Gasteiger partial charge in [-0.05, 0) is 12.1 Å². The van der Waals surface area contributed by atoms with E-state index < -0.39 is 24.7 Å². The summed E-state index contributed by atoms with van der Waals surface area (Å²) in [7, 11) is 1.33. The highest BCUT2D eigenvalue weighted by Crippen LogP contribution is 2.33. The molecule has 0 bridgehead atoms. The van der Waals surface area contributed by atoms with Crippen LogP contribution < -0.4 is 10.1 Å². The number of ether oxygens (including phenoxy) is 1. The number of aliphatic hydroxyl groups excluding tert-OH is 1. The van der Waals surface area contributed by atoms with E-state index in [0.717, 1.165) is 0 Å². The van der Waals surface area contributed by atoms with Gasteiger partial charge >= 0.3 is 6.18 Å². The van der Waals surface area contributed by atoms with E-state index in [-0.39, 0.29) is 21.4 Å². The van der Waals surface area contributed by atoms with Crippen molar-refractivity contribution in [1.29, 1.82) is 0 Å². The summed E-state index contributed by atoms with van der Waals surface area (Å²) in [6, 6.07) is 2.39. The van der Waals surface area contributed by atoms with Crippen LogP contribution in [-0.4, -0.2) is 36.9 Å². The normalized spacial score (nSPS) is 12.9. The van der Waals surface area contributed by atoms with E-state index in [4.69, 9.17) is 33.0 Å². The summed E-state index contributed by atoms with van der Waals surface area (Å²) in [5.41, 5.74) is -0.0461. The fourth-order valence-corrected chi connectivity index (χ4v) is 1.93. The lowest BCUT2D eigenvalue weighted by Gasteiger charge is -2.15. The zero-order chi connectivity index (χ0) is 15.5. The maximum Gasteiger partial charge on any atom is 0.416 e. The Hall–Kier alpha value is -1.18. The van der Waals surface area contributed by atoms with Crippen LogP contribution in [0.5, 0.6) is 5.75 Å². The monoisotopic (exact) mass is 331 g/mol. The number of aliphatic hydroxyl groups is 1. The van der Waals surface area contributed by atoms with Crippen molar-refractivity contribution < 1.29 is 27.8 Å². The van der Waals surface area contributed by atoms with E-state index in [1.54, 1.807) is 0 Å². The van der Waals surface area contributed by atoms with Gasteiger partial charge in [0.25, 0.3) is 5.91 Å². The van der Waals surface area contributed by atoms with Crippen LogP contribution in [0.25, 0.3) is 0 Å². The van der Waals surface area contributed by atoms with Crippen molar-refractivity contribution in [2.45, 2.75) is 12.3 Å². The molecule has 0 aliphatic heterocycles. The summed E-state index contributed by atoms with van der Waals surface area (Å²) in [4.78, 5) is 11.6. The number of hydrogen-bond acceptors (Lipinski definition) is 3. The standard InChI is InChI=1S/C11H10Cl2F3NO3/c1-20-9-6(12)2-5(3-7(9)13)10(19)17-4-8(18)11(14,15)16/h2-3,8,18H,4H2,1H3,(H,17,19). The molecule has 1 atom stereocenters. The SMILES string of the molecule is COc1c(Cl)cc(C(=O)NCC(O)C(F)(F)F)cc1Cl. The van der Waals surface area contributed by atoms with Crippen molar-refractivity contribution in [2.24, 2.45) is 0 Å². The number of amides is 1. The molecule has 2 N–H and O–H groups in total. The molecule has 1 unspecified atom stereocenters. The molecule has 1 rings (SSSR count). The molecule has 1 amide bonds. The Morgan fingerprint density at radius 2 is 1.90 bits per heavy atom. The van der Waals surface area contributed by atoms with Gasteiger partial charge in [0.05, 0.1) is 23.7 Å². The zero-order valence-electron chi connectivity index (χ0n) is 10.1. The van der Waals surface area contributed by atoms with E-state index in [9.17, 15) is 18.0 Å². The van der Waals surface area contributed by atoms with Crippen LogP contribution in [0.3, 0.4) is 0 Å². The van der Waals surface area contributed by atoms with E-state index in [1.165, 1.54) is 19.2 Å². The van der Waals surface area contributed by atoms with Crippen LogP contribution in [0.2, 0.25) is 10.0 Å². The lowest BCUT2D eigenvalue weighted by Crippen LogP contribution is -2.40. The summed E-state index contributed by atoms with van der Waals surface area (Å²) in [5, 5.41) is 10.8. The number of hydrogen-bond donors (Lipinski definition) is 2. The van der Waals surface area contributed by atoms with Gasteiger partial charge in [0.15, 0.2) is 11.9 Å². The molecule has 1 aromatic rings. The van der Waals surface area contributed by atoms with E-state index >= 15 is 0 Å². The molecule has 0 saturated carbocycles. The van der Waals surface area contributed by atoms with Gasteiger partial charge in [-0.1, -0.05) is 23.2 Å². The van der Waals surface area contributed by atoms with Crippen LogP contribution >= 0.6 is 23.2 Å². The fraction of sp³-hybridized carbons (Fsp3) is 0.364. The summed E-state index contributed by atoms with van der Waals surface area (Å²) >= 11 is 11.6. The van der Waals surface area contributed by atoms with Crippen molar-refractivity contribution in [3.05, 3.63) is 27.7 Å². The second-order valence-corrected chi connectivity index (χ2v) is 4.55. The molecule has 0 aliphatic rings. The summed E-state index contributed by atoms with van der Waals surface area (Å²) in [5.74, 6) is -0.694. The second-order valence-electron chi connectivity index (χ2n) is 3.74. The van der Waals surface area contributed by atoms with Crippen molar-refractivity contribution in [2.75, 3.05) is 13.7 Å². The molecule has 1 aromatic carbocycles. The number of alkyl halides is 3. The highest BCUT2D eigenvalue weighted by Gasteiger charge is 2.38. The third-order valence-electron chi connectivity index (χ3n) is 2.30. The Balaban J connectivity index is 2.79. The van der Waals surface area contributed by atoms with Crippen molar-refractivity contribution in [3.63, 3.8) is 0 Å². The zero-order valence-corrected chi connectivity index (χ0v) is 11.6. The molecular weight excluding hydrogens is 322 g/mol. The first-order valence-electron chi connectivity index (χ1n) is 5.22. The van der Waals surface area contributed by atoms with Gasteiger partial charge in [0, 0.05) is 5.56 Å². The number of halogens is 5.